The molecule has 0 aromatic heterocycles. The molecule has 78 valence electrons. The highest BCUT2D eigenvalue weighted by Crippen LogP contribution is 2.45. The lowest BCUT2D eigenvalue weighted by Gasteiger charge is -2.35. The van der Waals surface area contributed by atoms with Crippen molar-refractivity contribution in [2.75, 3.05) is 0 Å². The van der Waals surface area contributed by atoms with Gasteiger partial charge in [-0.25, -0.2) is 0 Å². The van der Waals surface area contributed by atoms with E-state index in [0.717, 1.165) is 25.7 Å². The normalized spacial score (nSPS) is 36.3. The Labute approximate surface area is 82.2 Å². The summed E-state index contributed by atoms with van der Waals surface area (Å²) in [7, 11) is 0. The van der Waals surface area contributed by atoms with Gasteiger partial charge < -0.3 is 9.84 Å². The molecule has 0 aromatic carbocycles. The van der Waals surface area contributed by atoms with Crippen LogP contribution >= 0.6 is 0 Å². The van der Waals surface area contributed by atoms with E-state index in [4.69, 9.17) is 9.84 Å². The van der Waals surface area contributed by atoms with Crippen molar-refractivity contribution < 1.29 is 19.4 Å². The average Bonchev–Trinajstić information content (AvgIpc) is 2.38. The second-order valence-corrected chi connectivity index (χ2v) is 4.26. The van der Waals surface area contributed by atoms with Gasteiger partial charge in [-0.15, -0.1) is 0 Å². The second kappa shape index (κ2) is 3.26. The zero-order chi connectivity index (χ0) is 10.2. The van der Waals surface area contributed by atoms with Crippen LogP contribution in [0.3, 0.4) is 0 Å². The summed E-state index contributed by atoms with van der Waals surface area (Å²) in [5, 5.41) is 8.80. The summed E-state index contributed by atoms with van der Waals surface area (Å²) in [6, 6.07) is 0. The van der Waals surface area contributed by atoms with Crippen molar-refractivity contribution in [2.24, 2.45) is 5.92 Å². The number of fused-ring (bicyclic) bond motifs is 1. The molecule has 2 unspecified atom stereocenters. The lowest BCUT2D eigenvalue weighted by atomic mass is 9.74. The first-order valence-corrected chi connectivity index (χ1v) is 5.06. The Kier molecular flexibility index (Phi) is 2.21. The minimum absolute atomic E-state index is 0.0244. The number of carbonyl (C=O) groups excluding carboxylic acids is 1. The molecule has 1 aliphatic heterocycles. The van der Waals surface area contributed by atoms with E-state index < -0.39 is 11.6 Å². The third-order valence-electron chi connectivity index (χ3n) is 3.33. The van der Waals surface area contributed by atoms with Crippen LogP contribution in [0.4, 0.5) is 0 Å². The van der Waals surface area contributed by atoms with E-state index in [-0.39, 0.29) is 18.3 Å². The smallest absolute Gasteiger partial charge is 0.307 e. The van der Waals surface area contributed by atoms with Gasteiger partial charge in [0.1, 0.15) is 5.60 Å². The predicted molar refractivity (Wildman–Crippen MR) is 47.7 cm³/mol. The molecule has 0 bridgehead atoms. The molecule has 0 aromatic rings. The Bertz CT molecular complexity index is 273. The minimum atomic E-state index is -0.869. The fraction of sp³-hybridized carbons (Fsp3) is 0.800. The minimum Gasteiger partial charge on any atom is -0.481 e. The first-order valence-electron chi connectivity index (χ1n) is 5.06. The van der Waals surface area contributed by atoms with Gasteiger partial charge in [-0.3, -0.25) is 9.59 Å². The van der Waals surface area contributed by atoms with Crippen LogP contribution in [0.2, 0.25) is 0 Å². The molecule has 1 saturated heterocycles. The van der Waals surface area contributed by atoms with E-state index in [1.165, 1.54) is 0 Å². The lowest BCUT2D eigenvalue weighted by molar-refractivity contribution is -0.158. The van der Waals surface area contributed by atoms with Crippen molar-refractivity contribution in [3.05, 3.63) is 0 Å². The lowest BCUT2D eigenvalue weighted by Crippen LogP contribution is -2.40. The molecule has 2 atom stereocenters. The van der Waals surface area contributed by atoms with Gasteiger partial charge in [-0.2, -0.15) is 0 Å². The number of rotatable bonds is 2. The van der Waals surface area contributed by atoms with Crippen molar-refractivity contribution in [2.45, 2.75) is 44.1 Å². The maximum Gasteiger partial charge on any atom is 0.307 e. The van der Waals surface area contributed by atoms with E-state index >= 15 is 0 Å². The molecule has 1 heterocycles. The zero-order valence-electron chi connectivity index (χ0n) is 7.99. The van der Waals surface area contributed by atoms with Crippen molar-refractivity contribution in [3.63, 3.8) is 0 Å². The van der Waals surface area contributed by atoms with Crippen molar-refractivity contribution in [1.82, 2.24) is 0 Å². The van der Waals surface area contributed by atoms with Crippen LogP contribution < -0.4 is 0 Å². The highest BCUT2D eigenvalue weighted by atomic mass is 16.6. The molecule has 2 fully saturated rings. The molecular formula is C10H14O4. The maximum atomic E-state index is 11.2. The van der Waals surface area contributed by atoms with Gasteiger partial charge in [-0.05, 0) is 19.3 Å². The number of carboxylic acid groups (broad SMARTS) is 1. The molecule has 0 amide bonds. The van der Waals surface area contributed by atoms with Gasteiger partial charge in [0.15, 0.2) is 0 Å². The SMILES string of the molecule is O=C(O)CC12CCCCC1CC(=O)O2. The Balaban J connectivity index is 2.18. The standard InChI is InChI=1S/C10H14O4/c11-8(12)6-10-4-2-1-3-7(10)5-9(13)14-10/h7H,1-6H2,(H,11,12). The van der Waals surface area contributed by atoms with Gasteiger partial charge in [0, 0.05) is 5.92 Å². The summed E-state index contributed by atoms with van der Waals surface area (Å²) in [4.78, 5) is 21.9. The van der Waals surface area contributed by atoms with Gasteiger partial charge in [0.2, 0.25) is 0 Å². The molecule has 2 aliphatic rings. The molecule has 0 radical (unpaired) electrons. The number of esters is 1. The Hall–Kier alpha value is -1.06. The van der Waals surface area contributed by atoms with Gasteiger partial charge in [0.05, 0.1) is 12.8 Å². The molecule has 1 aliphatic carbocycles. The molecule has 1 N–H and O–H groups in total. The monoisotopic (exact) mass is 198 g/mol. The van der Waals surface area contributed by atoms with E-state index in [2.05, 4.69) is 0 Å². The topological polar surface area (TPSA) is 63.6 Å². The van der Waals surface area contributed by atoms with Gasteiger partial charge in [0.25, 0.3) is 0 Å². The largest absolute Gasteiger partial charge is 0.481 e. The third-order valence-corrected chi connectivity index (χ3v) is 3.33. The van der Waals surface area contributed by atoms with Crippen LogP contribution in [0, 0.1) is 5.92 Å². The zero-order valence-corrected chi connectivity index (χ0v) is 7.99. The van der Waals surface area contributed by atoms with Crippen LogP contribution in [-0.2, 0) is 14.3 Å². The van der Waals surface area contributed by atoms with Crippen LogP contribution in [0.25, 0.3) is 0 Å². The highest BCUT2D eigenvalue weighted by Gasteiger charge is 2.51. The Morgan fingerprint density at radius 1 is 1.57 bits per heavy atom. The van der Waals surface area contributed by atoms with Gasteiger partial charge in [-0.1, -0.05) is 6.42 Å². The average molecular weight is 198 g/mol. The Morgan fingerprint density at radius 2 is 2.36 bits per heavy atom. The Morgan fingerprint density at radius 3 is 3.07 bits per heavy atom. The highest BCUT2D eigenvalue weighted by molar-refractivity contribution is 5.75. The van der Waals surface area contributed by atoms with Crippen LogP contribution in [0.15, 0.2) is 0 Å². The first kappa shape index (κ1) is 9.49. The summed E-state index contributed by atoms with van der Waals surface area (Å²) in [5.74, 6) is -0.954. The van der Waals surface area contributed by atoms with Crippen molar-refractivity contribution >= 4 is 11.9 Å². The summed E-state index contributed by atoms with van der Waals surface area (Å²) < 4.78 is 5.24. The van der Waals surface area contributed by atoms with Crippen LogP contribution in [-0.4, -0.2) is 22.6 Å². The van der Waals surface area contributed by atoms with Gasteiger partial charge >= 0.3 is 11.9 Å². The molecule has 4 nitrogen and oxygen atoms in total. The molecule has 1 saturated carbocycles. The molecule has 0 spiro atoms. The molecule has 4 heteroatoms. The summed E-state index contributed by atoms with van der Waals surface area (Å²) in [5.41, 5.74) is -0.666. The second-order valence-electron chi connectivity index (χ2n) is 4.26. The van der Waals surface area contributed by atoms with Crippen LogP contribution in [0.1, 0.15) is 38.5 Å². The van der Waals surface area contributed by atoms with Crippen molar-refractivity contribution in [3.8, 4) is 0 Å². The third kappa shape index (κ3) is 1.49. The quantitative estimate of drug-likeness (QED) is 0.680. The van der Waals surface area contributed by atoms with E-state index in [9.17, 15) is 9.59 Å². The number of hydrogen-bond donors (Lipinski definition) is 1. The fourth-order valence-corrected chi connectivity index (χ4v) is 2.70. The van der Waals surface area contributed by atoms with E-state index in [1.54, 1.807) is 0 Å². The summed E-state index contributed by atoms with van der Waals surface area (Å²) in [6.07, 6.45) is 4.09. The fourth-order valence-electron chi connectivity index (χ4n) is 2.70. The number of carbonyl (C=O) groups is 2. The maximum absolute atomic E-state index is 11.2. The summed E-state index contributed by atoms with van der Waals surface area (Å²) in [6.45, 7) is 0. The molecular weight excluding hydrogens is 184 g/mol. The first-order chi connectivity index (χ1) is 6.62. The number of aliphatic carboxylic acids is 1. The van der Waals surface area contributed by atoms with Crippen molar-refractivity contribution in [1.29, 1.82) is 0 Å². The molecule has 2 rings (SSSR count). The van der Waals surface area contributed by atoms with Crippen LogP contribution in [0.5, 0.6) is 0 Å². The number of carboxylic acids is 1. The number of hydrogen-bond acceptors (Lipinski definition) is 3. The molecule has 14 heavy (non-hydrogen) atoms. The van der Waals surface area contributed by atoms with E-state index in [1.807, 2.05) is 0 Å². The number of ether oxygens (including phenoxy) is 1. The summed E-state index contributed by atoms with van der Waals surface area (Å²) >= 11 is 0. The van der Waals surface area contributed by atoms with E-state index in [0.29, 0.717) is 6.42 Å². The predicted octanol–water partition coefficient (Wildman–Crippen LogP) is 1.34.